The number of amides is 1. The molecule has 9 heteroatoms. The maximum Gasteiger partial charge on any atom is 0.268 e. The topological polar surface area (TPSA) is 108 Å². The van der Waals surface area contributed by atoms with Crippen molar-refractivity contribution >= 4 is 13.7 Å². The summed E-state index contributed by atoms with van der Waals surface area (Å²) in [6.07, 6.45) is 81.7. The Bertz CT molecular complexity index is 1320. The van der Waals surface area contributed by atoms with E-state index < -0.39 is 20.0 Å². The molecule has 0 aromatic heterocycles. The number of hydrogen-bond donors (Lipinski definition) is 2. The molecule has 8 nitrogen and oxygen atoms in total. The third-order valence-electron chi connectivity index (χ3n) is 17.3. The van der Waals surface area contributed by atoms with Gasteiger partial charge in [0.1, 0.15) is 13.2 Å². The maximum atomic E-state index is 13.1. The molecule has 0 saturated carbocycles. The second-order valence-corrected chi connectivity index (χ2v) is 28.1. The number of carbonyl (C=O) groups excluding carboxylic acids is 1. The van der Waals surface area contributed by atoms with Gasteiger partial charge in [-0.05, 0) is 38.5 Å². The van der Waals surface area contributed by atoms with Crippen LogP contribution in [0.4, 0.5) is 0 Å². The monoisotopic (exact) mass is 1170 g/mol. The number of rotatable bonds is 69. The van der Waals surface area contributed by atoms with Crippen LogP contribution in [0.5, 0.6) is 0 Å². The van der Waals surface area contributed by atoms with Crippen LogP contribution in [0.2, 0.25) is 0 Å². The normalized spacial score (nSPS) is 13.6. The molecule has 3 atom stereocenters. The van der Waals surface area contributed by atoms with Crippen molar-refractivity contribution in [2.45, 2.75) is 405 Å². The van der Waals surface area contributed by atoms with Crippen molar-refractivity contribution < 1.29 is 32.9 Å². The zero-order valence-corrected chi connectivity index (χ0v) is 56.4. The van der Waals surface area contributed by atoms with Gasteiger partial charge in [0, 0.05) is 6.42 Å². The molecule has 0 radical (unpaired) electrons. The number of nitrogens with zero attached hydrogens (tertiary/aromatic N) is 1. The zero-order valence-electron chi connectivity index (χ0n) is 55.5. The Balaban J connectivity index is 3.92. The number of likely N-dealkylation sites (N-methyl/N-ethyl adjacent to an activating group) is 1. The van der Waals surface area contributed by atoms with E-state index >= 15 is 0 Å². The highest BCUT2D eigenvalue weighted by atomic mass is 31.2. The second kappa shape index (κ2) is 63.7. The van der Waals surface area contributed by atoms with Crippen LogP contribution in [0.25, 0.3) is 0 Å². The van der Waals surface area contributed by atoms with Crippen LogP contribution in [0.1, 0.15) is 393 Å². The molecule has 0 aromatic rings. The van der Waals surface area contributed by atoms with E-state index in [9.17, 15) is 19.4 Å². The van der Waals surface area contributed by atoms with E-state index in [1.54, 1.807) is 0 Å². The molecule has 0 aliphatic heterocycles. The first-order valence-corrected chi connectivity index (χ1v) is 38.0. The summed E-state index contributed by atoms with van der Waals surface area (Å²) in [5.41, 5.74) is 0. The highest BCUT2D eigenvalue weighted by Crippen LogP contribution is 2.38. The van der Waals surface area contributed by atoms with Gasteiger partial charge in [0.25, 0.3) is 7.82 Å². The standard InChI is InChI=1S/C72H145N2O6P/c1-6-8-10-12-14-16-18-20-22-24-26-28-30-31-32-33-34-35-36-37-38-39-40-41-42-43-44-46-48-50-52-54-56-58-60-62-64-66-72(76)73-70(69-80-81(77,78)79-68-67-74(3,4)5)71(75)65-63-61-59-57-55-53-51-49-47-45-29-27-25-23-21-19-17-15-13-11-9-7-2/h35-36,70-71,75H,6-34,37-69H2,1-5H3,(H-,73,76,77,78)/b36-35-. The quantitative estimate of drug-likeness (QED) is 0.0272. The molecule has 0 saturated heterocycles. The van der Waals surface area contributed by atoms with E-state index in [4.69, 9.17) is 9.05 Å². The van der Waals surface area contributed by atoms with E-state index in [0.717, 1.165) is 38.5 Å². The number of aliphatic hydroxyl groups is 1. The molecule has 0 spiro atoms. The largest absolute Gasteiger partial charge is 0.756 e. The summed E-state index contributed by atoms with van der Waals surface area (Å²) in [5, 5.41) is 14.1. The first-order chi connectivity index (χ1) is 39.5. The Morgan fingerprint density at radius 3 is 0.963 bits per heavy atom. The molecule has 0 rings (SSSR count). The molecule has 1 amide bonds. The van der Waals surface area contributed by atoms with E-state index in [1.165, 1.54) is 327 Å². The molecule has 0 fully saturated rings. The van der Waals surface area contributed by atoms with Crippen molar-refractivity contribution in [1.82, 2.24) is 5.32 Å². The number of phosphoric ester groups is 1. The number of hydrogen-bond acceptors (Lipinski definition) is 6. The number of aliphatic hydroxyl groups excluding tert-OH is 1. The van der Waals surface area contributed by atoms with Gasteiger partial charge in [-0.1, -0.05) is 360 Å². The lowest BCUT2D eigenvalue weighted by atomic mass is 10.0. The van der Waals surface area contributed by atoms with Crippen molar-refractivity contribution in [1.29, 1.82) is 0 Å². The van der Waals surface area contributed by atoms with E-state index in [1.807, 2.05) is 21.1 Å². The van der Waals surface area contributed by atoms with Crippen LogP contribution in [0.15, 0.2) is 12.2 Å². The minimum atomic E-state index is -4.58. The number of allylic oxidation sites excluding steroid dienone is 2. The van der Waals surface area contributed by atoms with Gasteiger partial charge < -0.3 is 28.8 Å². The summed E-state index contributed by atoms with van der Waals surface area (Å²) in [5.74, 6) is -0.155. The Morgan fingerprint density at radius 2 is 0.679 bits per heavy atom. The first-order valence-electron chi connectivity index (χ1n) is 36.5. The number of quaternary nitrogens is 1. The van der Waals surface area contributed by atoms with Gasteiger partial charge in [0.2, 0.25) is 5.91 Å². The molecule has 0 aromatic carbocycles. The fraction of sp³-hybridized carbons (Fsp3) is 0.958. The average Bonchev–Trinajstić information content (AvgIpc) is 3.43. The Morgan fingerprint density at radius 1 is 0.420 bits per heavy atom. The number of nitrogens with one attached hydrogen (secondary N) is 1. The molecule has 2 N–H and O–H groups in total. The maximum absolute atomic E-state index is 13.1. The Kier molecular flexibility index (Phi) is 63.1. The van der Waals surface area contributed by atoms with Crippen LogP contribution in [-0.2, 0) is 18.4 Å². The van der Waals surface area contributed by atoms with Crippen LogP contribution in [0, 0.1) is 0 Å². The molecule has 0 aliphatic rings. The smallest absolute Gasteiger partial charge is 0.268 e. The summed E-state index contributed by atoms with van der Waals surface area (Å²) in [6.45, 7) is 4.79. The molecule has 3 unspecified atom stereocenters. The number of carbonyl (C=O) groups is 1. The van der Waals surface area contributed by atoms with Gasteiger partial charge in [-0.3, -0.25) is 9.36 Å². The van der Waals surface area contributed by atoms with Crippen molar-refractivity contribution in [3.63, 3.8) is 0 Å². The lowest BCUT2D eigenvalue weighted by Crippen LogP contribution is -2.46. The number of unbranched alkanes of at least 4 members (excludes halogenated alkanes) is 54. The minimum Gasteiger partial charge on any atom is -0.756 e. The summed E-state index contributed by atoms with van der Waals surface area (Å²) >= 11 is 0. The third-order valence-corrected chi connectivity index (χ3v) is 18.2. The predicted molar refractivity (Wildman–Crippen MR) is 353 cm³/mol. The van der Waals surface area contributed by atoms with Crippen molar-refractivity contribution in [3.05, 3.63) is 12.2 Å². The molecule has 484 valence electrons. The fourth-order valence-electron chi connectivity index (χ4n) is 11.6. The Hall–Kier alpha value is -0.760. The van der Waals surface area contributed by atoms with Gasteiger partial charge in [-0.15, -0.1) is 0 Å². The zero-order chi connectivity index (χ0) is 59.1. The third kappa shape index (κ3) is 66.6. The molecular weight excluding hydrogens is 1020 g/mol. The summed E-state index contributed by atoms with van der Waals surface area (Å²) in [6, 6.07) is -0.799. The molecule has 0 aliphatic carbocycles. The van der Waals surface area contributed by atoms with E-state index in [2.05, 4.69) is 31.3 Å². The minimum absolute atomic E-state index is 0.0157. The number of phosphoric acid groups is 1. The summed E-state index contributed by atoms with van der Waals surface area (Å²) < 4.78 is 23.5. The summed E-state index contributed by atoms with van der Waals surface area (Å²) in [7, 11) is 1.33. The molecule has 81 heavy (non-hydrogen) atoms. The molecule has 0 heterocycles. The average molecular weight is 1170 g/mol. The van der Waals surface area contributed by atoms with Gasteiger partial charge in [-0.25, -0.2) is 0 Å². The van der Waals surface area contributed by atoms with Crippen LogP contribution in [-0.4, -0.2) is 68.5 Å². The van der Waals surface area contributed by atoms with Crippen LogP contribution in [0.3, 0.4) is 0 Å². The van der Waals surface area contributed by atoms with E-state index in [-0.39, 0.29) is 19.1 Å². The van der Waals surface area contributed by atoms with Gasteiger partial charge >= 0.3 is 0 Å². The van der Waals surface area contributed by atoms with E-state index in [0.29, 0.717) is 23.9 Å². The molecular formula is C72H145N2O6P. The fourth-order valence-corrected chi connectivity index (χ4v) is 12.3. The van der Waals surface area contributed by atoms with Gasteiger partial charge in [0.15, 0.2) is 0 Å². The summed E-state index contributed by atoms with van der Waals surface area (Å²) in [4.78, 5) is 25.7. The van der Waals surface area contributed by atoms with Crippen molar-refractivity contribution in [3.8, 4) is 0 Å². The lowest BCUT2D eigenvalue weighted by Gasteiger charge is -2.30. The van der Waals surface area contributed by atoms with Crippen LogP contribution < -0.4 is 10.2 Å². The highest BCUT2D eigenvalue weighted by molar-refractivity contribution is 7.45. The van der Waals surface area contributed by atoms with Gasteiger partial charge in [-0.2, -0.15) is 0 Å². The predicted octanol–water partition coefficient (Wildman–Crippen LogP) is 22.7. The lowest BCUT2D eigenvalue weighted by molar-refractivity contribution is -0.870. The first kappa shape index (κ1) is 80.2. The Labute approximate surface area is 507 Å². The SMILES string of the molecule is CCCCCCCCCCCCCCCCCC/C=C\CCCCCCCCCCCCCCCCCCCC(=O)NC(COP(=O)([O-])OCC[N+](C)(C)C)C(O)CCCCCCCCCCCCCCCCCCCCCCCC. The van der Waals surface area contributed by atoms with Gasteiger partial charge in [0.05, 0.1) is 39.9 Å². The molecule has 0 bridgehead atoms. The second-order valence-electron chi connectivity index (χ2n) is 26.7. The highest BCUT2D eigenvalue weighted by Gasteiger charge is 2.24. The van der Waals surface area contributed by atoms with Crippen LogP contribution >= 0.6 is 7.82 Å². The van der Waals surface area contributed by atoms with Crippen molar-refractivity contribution in [2.75, 3.05) is 40.9 Å². The van der Waals surface area contributed by atoms with Crippen molar-refractivity contribution in [2.24, 2.45) is 0 Å².